The molecule has 2 aliphatic carbocycles. The molecule has 1 saturated carbocycles. The average molecular weight is 288 g/mol. The molecule has 1 fully saturated rings. The van der Waals surface area contributed by atoms with E-state index in [0.717, 1.165) is 31.4 Å². The first kappa shape index (κ1) is 14.5. The van der Waals surface area contributed by atoms with Crippen molar-refractivity contribution in [3.63, 3.8) is 0 Å². The lowest BCUT2D eigenvalue weighted by atomic mass is 9.91. The first-order chi connectivity index (χ1) is 10.3. The standard InChI is InChI=1S/C17H24N2O2/c20-10-9-19(16-5-2-6-16)12-17(21)18-15-8-7-13-3-1-4-14(13)11-15/h7-8,11,16,20H,1-6,9-10,12H2,(H,18,21). The van der Waals surface area contributed by atoms with Crippen molar-refractivity contribution in [3.8, 4) is 0 Å². The molecule has 0 bridgehead atoms. The number of carbonyl (C=O) groups excluding carboxylic acids is 1. The molecule has 1 aromatic carbocycles. The molecule has 0 aromatic heterocycles. The van der Waals surface area contributed by atoms with Crippen LogP contribution >= 0.6 is 0 Å². The zero-order valence-electron chi connectivity index (χ0n) is 12.5. The molecule has 4 heteroatoms. The minimum atomic E-state index is 0.0216. The van der Waals surface area contributed by atoms with Crippen molar-refractivity contribution in [3.05, 3.63) is 29.3 Å². The molecule has 114 valence electrons. The molecule has 1 amide bonds. The Morgan fingerprint density at radius 2 is 2.05 bits per heavy atom. The molecule has 2 aliphatic rings. The summed E-state index contributed by atoms with van der Waals surface area (Å²) in [7, 11) is 0. The van der Waals surface area contributed by atoms with Gasteiger partial charge >= 0.3 is 0 Å². The molecule has 0 spiro atoms. The maximum atomic E-state index is 12.2. The highest BCUT2D eigenvalue weighted by molar-refractivity contribution is 5.92. The average Bonchev–Trinajstić information content (AvgIpc) is 2.84. The molecule has 4 nitrogen and oxygen atoms in total. The highest BCUT2D eigenvalue weighted by Crippen LogP contribution is 2.26. The van der Waals surface area contributed by atoms with E-state index in [1.54, 1.807) is 0 Å². The van der Waals surface area contributed by atoms with E-state index in [2.05, 4.69) is 22.3 Å². The third-order valence-corrected chi connectivity index (χ3v) is 4.71. The van der Waals surface area contributed by atoms with E-state index in [4.69, 9.17) is 5.11 Å². The molecule has 1 aromatic rings. The smallest absolute Gasteiger partial charge is 0.238 e. The van der Waals surface area contributed by atoms with Crippen molar-refractivity contribution in [1.29, 1.82) is 0 Å². The zero-order valence-corrected chi connectivity index (χ0v) is 12.5. The Morgan fingerprint density at radius 3 is 2.76 bits per heavy atom. The number of fused-ring (bicyclic) bond motifs is 1. The van der Waals surface area contributed by atoms with Gasteiger partial charge in [-0.05, 0) is 55.4 Å². The molecule has 0 aliphatic heterocycles. The van der Waals surface area contributed by atoms with Gasteiger partial charge in [-0.3, -0.25) is 9.69 Å². The highest BCUT2D eigenvalue weighted by atomic mass is 16.3. The van der Waals surface area contributed by atoms with E-state index in [-0.39, 0.29) is 12.5 Å². The number of nitrogens with zero attached hydrogens (tertiary/aromatic N) is 1. The van der Waals surface area contributed by atoms with Gasteiger partial charge in [0.2, 0.25) is 5.91 Å². The van der Waals surface area contributed by atoms with Crippen molar-refractivity contribution in [2.45, 2.75) is 44.6 Å². The van der Waals surface area contributed by atoms with Gasteiger partial charge < -0.3 is 10.4 Å². The Balaban J connectivity index is 1.57. The second kappa shape index (κ2) is 6.58. The first-order valence-electron chi connectivity index (χ1n) is 8.03. The lowest BCUT2D eigenvalue weighted by Gasteiger charge is -2.36. The number of hydrogen-bond acceptors (Lipinski definition) is 3. The summed E-state index contributed by atoms with van der Waals surface area (Å²) >= 11 is 0. The quantitative estimate of drug-likeness (QED) is 0.841. The van der Waals surface area contributed by atoms with Crippen LogP contribution in [0, 0.1) is 0 Å². The van der Waals surface area contributed by atoms with Gasteiger partial charge in [0.15, 0.2) is 0 Å². The van der Waals surface area contributed by atoms with Gasteiger partial charge in [0.05, 0.1) is 13.2 Å². The van der Waals surface area contributed by atoms with E-state index >= 15 is 0 Å². The summed E-state index contributed by atoms with van der Waals surface area (Å²) in [5.41, 5.74) is 3.70. The number of hydrogen-bond donors (Lipinski definition) is 2. The van der Waals surface area contributed by atoms with Crippen LogP contribution in [0.1, 0.15) is 36.8 Å². The number of rotatable bonds is 6. The van der Waals surface area contributed by atoms with Crippen molar-refractivity contribution in [2.24, 2.45) is 0 Å². The number of aliphatic hydroxyl groups is 1. The number of benzene rings is 1. The monoisotopic (exact) mass is 288 g/mol. The number of nitrogens with one attached hydrogen (secondary N) is 1. The fraction of sp³-hybridized carbons (Fsp3) is 0.588. The van der Waals surface area contributed by atoms with Crippen LogP contribution in [-0.4, -0.2) is 41.7 Å². The Labute approximate surface area is 126 Å². The molecular weight excluding hydrogens is 264 g/mol. The summed E-state index contributed by atoms with van der Waals surface area (Å²) in [6.45, 7) is 1.08. The summed E-state index contributed by atoms with van der Waals surface area (Å²) in [6, 6.07) is 6.72. The Kier molecular flexibility index (Phi) is 4.56. The largest absolute Gasteiger partial charge is 0.395 e. The Morgan fingerprint density at radius 1 is 1.24 bits per heavy atom. The van der Waals surface area contributed by atoms with E-state index in [9.17, 15) is 4.79 Å². The fourth-order valence-corrected chi connectivity index (χ4v) is 3.31. The van der Waals surface area contributed by atoms with Crippen molar-refractivity contribution in [2.75, 3.05) is 25.0 Å². The molecule has 0 atom stereocenters. The number of carbonyl (C=O) groups is 1. The molecule has 21 heavy (non-hydrogen) atoms. The van der Waals surface area contributed by atoms with Gasteiger partial charge in [0.25, 0.3) is 0 Å². The van der Waals surface area contributed by atoms with Gasteiger partial charge in [-0.25, -0.2) is 0 Å². The van der Waals surface area contributed by atoms with Crippen LogP contribution < -0.4 is 5.32 Å². The van der Waals surface area contributed by atoms with Gasteiger partial charge in [0, 0.05) is 18.3 Å². The molecular formula is C17H24N2O2. The minimum absolute atomic E-state index is 0.0216. The molecule has 0 unspecified atom stereocenters. The maximum absolute atomic E-state index is 12.2. The second-order valence-electron chi connectivity index (χ2n) is 6.16. The predicted octanol–water partition coefficient (Wildman–Crippen LogP) is 1.96. The number of amides is 1. The second-order valence-corrected chi connectivity index (χ2v) is 6.16. The number of aryl methyl sites for hydroxylation is 2. The van der Waals surface area contributed by atoms with Crippen LogP contribution in [0.3, 0.4) is 0 Å². The van der Waals surface area contributed by atoms with E-state index < -0.39 is 0 Å². The van der Waals surface area contributed by atoms with Crippen molar-refractivity contribution in [1.82, 2.24) is 4.90 Å². The first-order valence-corrected chi connectivity index (χ1v) is 8.03. The van der Waals surface area contributed by atoms with Crippen molar-refractivity contribution < 1.29 is 9.90 Å². The number of aliphatic hydroxyl groups excluding tert-OH is 1. The summed E-state index contributed by atoms with van der Waals surface area (Å²) < 4.78 is 0. The van der Waals surface area contributed by atoms with Gasteiger partial charge in [0.1, 0.15) is 0 Å². The Hall–Kier alpha value is -1.39. The topological polar surface area (TPSA) is 52.6 Å². The van der Waals surface area contributed by atoms with Crippen LogP contribution in [0.4, 0.5) is 5.69 Å². The van der Waals surface area contributed by atoms with Gasteiger partial charge in [-0.2, -0.15) is 0 Å². The minimum Gasteiger partial charge on any atom is -0.395 e. The van der Waals surface area contributed by atoms with Crippen LogP contribution in [0.15, 0.2) is 18.2 Å². The van der Waals surface area contributed by atoms with E-state index in [0.29, 0.717) is 19.1 Å². The predicted molar refractivity (Wildman–Crippen MR) is 83.4 cm³/mol. The maximum Gasteiger partial charge on any atom is 0.238 e. The fourth-order valence-electron chi connectivity index (χ4n) is 3.31. The summed E-state index contributed by atoms with van der Waals surface area (Å²) in [4.78, 5) is 14.3. The zero-order chi connectivity index (χ0) is 14.7. The SMILES string of the molecule is O=C(CN(CCO)C1CCC1)Nc1ccc2c(c1)CCC2. The van der Waals surface area contributed by atoms with Crippen LogP contribution in [0.5, 0.6) is 0 Å². The van der Waals surface area contributed by atoms with Crippen molar-refractivity contribution >= 4 is 11.6 Å². The van der Waals surface area contributed by atoms with E-state index in [1.807, 2.05) is 6.07 Å². The highest BCUT2D eigenvalue weighted by Gasteiger charge is 2.26. The van der Waals surface area contributed by atoms with Gasteiger partial charge in [-0.15, -0.1) is 0 Å². The summed E-state index contributed by atoms with van der Waals surface area (Å²) in [6.07, 6.45) is 7.03. The molecule has 0 heterocycles. The molecule has 0 saturated heterocycles. The van der Waals surface area contributed by atoms with Crippen LogP contribution in [0.25, 0.3) is 0 Å². The third-order valence-electron chi connectivity index (χ3n) is 4.71. The molecule has 0 radical (unpaired) electrons. The lowest BCUT2D eigenvalue weighted by Crippen LogP contribution is -2.45. The number of anilines is 1. The Bertz CT molecular complexity index is 512. The molecule has 3 rings (SSSR count). The summed E-state index contributed by atoms with van der Waals surface area (Å²) in [5, 5.41) is 12.1. The third kappa shape index (κ3) is 3.44. The summed E-state index contributed by atoms with van der Waals surface area (Å²) in [5.74, 6) is 0.0216. The normalized spacial score (nSPS) is 17.6. The molecule has 2 N–H and O–H groups in total. The van der Waals surface area contributed by atoms with Crippen LogP contribution in [0.2, 0.25) is 0 Å². The lowest BCUT2D eigenvalue weighted by molar-refractivity contribution is -0.118. The van der Waals surface area contributed by atoms with Gasteiger partial charge in [-0.1, -0.05) is 12.5 Å². The van der Waals surface area contributed by atoms with E-state index in [1.165, 1.54) is 24.0 Å². The van der Waals surface area contributed by atoms with Crippen LogP contribution in [-0.2, 0) is 17.6 Å².